The molecule has 6 nitrogen and oxygen atoms in total. The zero-order valence-electron chi connectivity index (χ0n) is 12.7. The average molecular weight is 284 g/mol. The van der Waals surface area contributed by atoms with E-state index in [-0.39, 0.29) is 6.09 Å². The summed E-state index contributed by atoms with van der Waals surface area (Å²) < 4.78 is 10.3. The van der Waals surface area contributed by atoms with Crippen LogP contribution in [0.2, 0.25) is 0 Å². The van der Waals surface area contributed by atoms with Crippen molar-refractivity contribution in [3.8, 4) is 0 Å². The quantitative estimate of drug-likeness (QED) is 0.782. The number of esters is 1. The number of nitrogens with two attached hydrogens (primary N) is 1. The van der Waals surface area contributed by atoms with Gasteiger partial charge in [-0.25, -0.2) is 9.59 Å². The van der Waals surface area contributed by atoms with Gasteiger partial charge in [0.15, 0.2) is 0 Å². The summed E-state index contributed by atoms with van der Waals surface area (Å²) >= 11 is 0. The van der Waals surface area contributed by atoms with Crippen LogP contribution < -0.4 is 5.73 Å². The Labute approximate surface area is 119 Å². The number of ether oxygens (including phenoxy) is 2. The maximum absolute atomic E-state index is 12.0. The largest absolute Gasteiger partial charge is 0.463 e. The molecule has 6 heteroatoms. The molecule has 0 bridgehead atoms. The van der Waals surface area contributed by atoms with Crippen molar-refractivity contribution in [1.29, 1.82) is 0 Å². The Morgan fingerprint density at radius 2 is 1.85 bits per heavy atom. The number of hydrogen-bond donors (Lipinski definition) is 1. The van der Waals surface area contributed by atoms with Crippen molar-refractivity contribution in [3.63, 3.8) is 0 Å². The predicted octanol–water partition coefficient (Wildman–Crippen LogP) is 1.79. The van der Waals surface area contributed by atoms with E-state index >= 15 is 0 Å². The molecule has 0 saturated carbocycles. The number of hydrogen-bond acceptors (Lipinski definition) is 5. The van der Waals surface area contributed by atoms with Gasteiger partial charge in [-0.1, -0.05) is 0 Å². The lowest BCUT2D eigenvalue weighted by Crippen LogP contribution is -2.37. The van der Waals surface area contributed by atoms with Gasteiger partial charge in [0.2, 0.25) is 0 Å². The van der Waals surface area contributed by atoms with Crippen LogP contribution in [0.1, 0.15) is 40.5 Å². The molecule has 1 aliphatic heterocycles. The third kappa shape index (κ3) is 4.75. The molecular formula is C14H24N2O4. The monoisotopic (exact) mass is 284 g/mol. The first-order chi connectivity index (χ1) is 9.24. The van der Waals surface area contributed by atoms with Gasteiger partial charge < -0.3 is 20.1 Å². The minimum Gasteiger partial charge on any atom is -0.463 e. The second-order valence-electron chi connectivity index (χ2n) is 5.69. The summed E-state index contributed by atoms with van der Waals surface area (Å²) in [6.07, 6.45) is 0.465. The van der Waals surface area contributed by atoms with Gasteiger partial charge in [-0.2, -0.15) is 0 Å². The van der Waals surface area contributed by atoms with Gasteiger partial charge in [0.1, 0.15) is 5.60 Å². The number of amides is 1. The minimum atomic E-state index is -0.535. The first-order valence-corrected chi connectivity index (χ1v) is 6.87. The van der Waals surface area contributed by atoms with Crippen LogP contribution in [-0.4, -0.2) is 42.3 Å². The summed E-state index contributed by atoms with van der Waals surface area (Å²) in [4.78, 5) is 25.3. The van der Waals surface area contributed by atoms with E-state index in [1.807, 2.05) is 20.8 Å². The van der Waals surface area contributed by atoms with E-state index in [0.717, 1.165) is 0 Å². The zero-order chi connectivity index (χ0) is 15.3. The average Bonchev–Trinajstić information content (AvgIpc) is 2.49. The van der Waals surface area contributed by atoms with Crippen molar-refractivity contribution in [3.05, 3.63) is 11.3 Å². The molecule has 2 N–H and O–H groups in total. The SMILES string of the molecule is CCOC(=O)C1=C(N)CCN(C(=O)OC(C)(C)C)CC1. The molecule has 0 aromatic rings. The Kier molecular flexibility index (Phi) is 5.42. The van der Waals surface area contributed by atoms with Gasteiger partial charge in [0, 0.05) is 25.2 Å². The third-order valence-electron chi connectivity index (χ3n) is 2.84. The predicted molar refractivity (Wildman–Crippen MR) is 74.9 cm³/mol. The van der Waals surface area contributed by atoms with E-state index < -0.39 is 11.6 Å². The normalized spacial score (nSPS) is 16.7. The van der Waals surface area contributed by atoms with E-state index in [1.165, 1.54) is 0 Å². The van der Waals surface area contributed by atoms with Crippen LogP contribution in [-0.2, 0) is 14.3 Å². The Bertz CT molecular complexity index is 410. The van der Waals surface area contributed by atoms with Crippen LogP contribution in [0, 0.1) is 0 Å². The summed E-state index contributed by atoms with van der Waals surface area (Å²) in [6.45, 7) is 8.37. The molecule has 0 radical (unpaired) electrons. The molecule has 0 unspecified atom stereocenters. The highest BCUT2D eigenvalue weighted by Gasteiger charge is 2.26. The van der Waals surface area contributed by atoms with E-state index in [0.29, 0.717) is 43.8 Å². The van der Waals surface area contributed by atoms with Crippen LogP contribution in [0.15, 0.2) is 11.3 Å². The van der Waals surface area contributed by atoms with E-state index in [9.17, 15) is 9.59 Å². The first kappa shape index (κ1) is 16.3. The second-order valence-corrected chi connectivity index (χ2v) is 5.69. The van der Waals surface area contributed by atoms with Crippen molar-refractivity contribution in [2.75, 3.05) is 19.7 Å². The third-order valence-corrected chi connectivity index (χ3v) is 2.84. The summed E-state index contributed by atoms with van der Waals surface area (Å²) in [5, 5.41) is 0. The zero-order valence-corrected chi connectivity index (χ0v) is 12.7. The van der Waals surface area contributed by atoms with Crippen molar-refractivity contribution in [1.82, 2.24) is 4.90 Å². The Morgan fingerprint density at radius 3 is 2.40 bits per heavy atom. The molecule has 0 aromatic heterocycles. The number of nitrogens with zero attached hydrogens (tertiary/aromatic N) is 1. The molecule has 1 aliphatic rings. The summed E-state index contributed by atoms with van der Waals surface area (Å²) in [6, 6.07) is 0. The molecule has 0 saturated heterocycles. The molecule has 114 valence electrons. The van der Waals surface area contributed by atoms with Crippen LogP contribution in [0.5, 0.6) is 0 Å². The molecule has 0 atom stereocenters. The molecule has 0 aromatic carbocycles. The minimum absolute atomic E-state index is 0.311. The summed E-state index contributed by atoms with van der Waals surface area (Å²) in [5.74, 6) is -0.393. The van der Waals surface area contributed by atoms with Gasteiger partial charge in [0.25, 0.3) is 0 Å². The van der Waals surface area contributed by atoms with Crippen LogP contribution in [0.25, 0.3) is 0 Å². The fourth-order valence-electron chi connectivity index (χ4n) is 1.89. The standard InChI is InChI=1S/C14H24N2O4/c1-5-19-12(17)10-6-8-16(9-7-11(10)15)13(18)20-14(2,3)4/h5-9,15H2,1-4H3. The first-order valence-electron chi connectivity index (χ1n) is 6.87. The van der Waals surface area contributed by atoms with Gasteiger partial charge in [-0.3, -0.25) is 0 Å². The molecule has 0 fully saturated rings. The molecule has 1 amide bonds. The van der Waals surface area contributed by atoms with Crippen LogP contribution in [0.3, 0.4) is 0 Å². The smallest absolute Gasteiger partial charge is 0.410 e. The highest BCUT2D eigenvalue weighted by atomic mass is 16.6. The topological polar surface area (TPSA) is 81.9 Å². The lowest BCUT2D eigenvalue weighted by atomic mass is 10.1. The Morgan fingerprint density at radius 1 is 1.25 bits per heavy atom. The fraction of sp³-hybridized carbons (Fsp3) is 0.714. The molecule has 1 rings (SSSR count). The Hall–Kier alpha value is -1.72. The molecule has 20 heavy (non-hydrogen) atoms. The number of carbonyl (C=O) groups excluding carboxylic acids is 2. The Balaban J connectivity index is 2.67. The van der Waals surface area contributed by atoms with Gasteiger partial charge >= 0.3 is 12.1 Å². The maximum Gasteiger partial charge on any atom is 0.410 e. The van der Waals surface area contributed by atoms with Gasteiger partial charge in [-0.05, 0) is 34.1 Å². The van der Waals surface area contributed by atoms with E-state index in [1.54, 1.807) is 11.8 Å². The summed E-state index contributed by atoms with van der Waals surface area (Å²) in [7, 11) is 0. The van der Waals surface area contributed by atoms with Gasteiger partial charge in [-0.15, -0.1) is 0 Å². The number of rotatable bonds is 2. The van der Waals surface area contributed by atoms with E-state index in [4.69, 9.17) is 15.2 Å². The molecule has 1 heterocycles. The van der Waals surface area contributed by atoms with Gasteiger partial charge in [0.05, 0.1) is 12.2 Å². The van der Waals surface area contributed by atoms with Crippen LogP contribution in [0.4, 0.5) is 4.79 Å². The van der Waals surface area contributed by atoms with Crippen molar-refractivity contribution in [2.24, 2.45) is 5.73 Å². The fourth-order valence-corrected chi connectivity index (χ4v) is 1.89. The highest BCUT2D eigenvalue weighted by Crippen LogP contribution is 2.18. The molecule has 0 spiro atoms. The van der Waals surface area contributed by atoms with Crippen molar-refractivity contribution in [2.45, 2.75) is 46.1 Å². The van der Waals surface area contributed by atoms with Crippen molar-refractivity contribution < 1.29 is 19.1 Å². The maximum atomic E-state index is 12.0. The lowest BCUT2D eigenvalue weighted by molar-refractivity contribution is -0.138. The highest BCUT2D eigenvalue weighted by molar-refractivity contribution is 5.89. The lowest BCUT2D eigenvalue weighted by Gasteiger charge is -2.26. The van der Waals surface area contributed by atoms with Crippen molar-refractivity contribution >= 4 is 12.1 Å². The van der Waals surface area contributed by atoms with Crippen LogP contribution >= 0.6 is 0 Å². The van der Waals surface area contributed by atoms with E-state index in [2.05, 4.69) is 0 Å². The second kappa shape index (κ2) is 6.63. The summed E-state index contributed by atoms with van der Waals surface area (Å²) in [5.41, 5.74) is 6.33. The molecular weight excluding hydrogens is 260 g/mol. The molecule has 0 aliphatic carbocycles. The number of carbonyl (C=O) groups is 2.